The van der Waals surface area contributed by atoms with Crippen molar-refractivity contribution >= 4 is 22.5 Å². The third kappa shape index (κ3) is 1.74. The lowest BCUT2D eigenvalue weighted by molar-refractivity contribution is 0.0684. The number of fused-ring (bicyclic) bond motifs is 4. The summed E-state index contributed by atoms with van der Waals surface area (Å²) in [6.45, 7) is 0. The van der Waals surface area contributed by atoms with Crippen LogP contribution in [0.4, 0.5) is 0 Å². The Hall–Kier alpha value is -2.70. The van der Waals surface area contributed by atoms with Crippen molar-refractivity contribution in [3.8, 4) is 0 Å². The van der Waals surface area contributed by atoms with E-state index in [1.807, 2.05) is 12.1 Å². The van der Waals surface area contributed by atoms with Gasteiger partial charge in [0.15, 0.2) is 5.65 Å². The summed E-state index contributed by atoms with van der Waals surface area (Å²) in [5, 5.41) is 13.5. The van der Waals surface area contributed by atoms with Gasteiger partial charge in [-0.1, -0.05) is 0 Å². The molecule has 0 aliphatic heterocycles. The molecule has 2 N–H and O–H groups in total. The maximum atomic E-state index is 12.0. The minimum atomic E-state index is -1.25. The Bertz CT molecular complexity index is 954. The summed E-state index contributed by atoms with van der Waals surface area (Å²) in [5.41, 5.74) is 2.97. The van der Waals surface area contributed by atoms with Gasteiger partial charge in [0.25, 0.3) is 5.82 Å². The van der Waals surface area contributed by atoms with Crippen molar-refractivity contribution in [1.82, 2.24) is 19.6 Å². The molecule has 0 unspecified atom stereocenters. The molecule has 7 nitrogen and oxygen atoms in total. The monoisotopic (exact) mass is 284 g/mol. The average Bonchev–Trinajstić information content (AvgIpc) is 2.92. The molecule has 106 valence electrons. The zero-order valence-corrected chi connectivity index (χ0v) is 11.1. The average molecular weight is 284 g/mol. The van der Waals surface area contributed by atoms with Gasteiger partial charge >= 0.3 is 11.7 Å². The first-order chi connectivity index (χ1) is 10.1. The van der Waals surface area contributed by atoms with Crippen LogP contribution in [0, 0.1) is 0 Å². The number of benzene rings is 1. The number of hydrogen-bond acceptors (Lipinski definition) is 4. The molecule has 3 aromatic rings. The largest absolute Gasteiger partial charge is 0.475 e. The van der Waals surface area contributed by atoms with Gasteiger partial charge in [0, 0.05) is 5.39 Å². The van der Waals surface area contributed by atoms with Gasteiger partial charge in [-0.15, -0.1) is 5.10 Å². The molecule has 0 amide bonds. The number of nitrogens with zero attached hydrogens (tertiary/aromatic N) is 3. The molecular weight excluding hydrogens is 272 g/mol. The van der Waals surface area contributed by atoms with Crippen molar-refractivity contribution in [2.24, 2.45) is 0 Å². The van der Waals surface area contributed by atoms with Crippen LogP contribution in [0.5, 0.6) is 0 Å². The fourth-order valence-corrected chi connectivity index (χ4v) is 2.96. The fourth-order valence-electron chi connectivity index (χ4n) is 2.96. The molecule has 4 rings (SSSR count). The van der Waals surface area contributed by atoms with Gasteiger partial charge in [-0.2, -0.15) is 4.52 Å². The van der Waals surface area contributed by atoms with E-state index in [0.717, 1.165) is 35.6 Å². The highest BCUT2D eigenvalue weighted by Gasteiger charge is 2.17. The SMILES string of the molecule is O=C(O)c1nc2c3cc4c(cc3[nH]c(=O)n2n1)CCCC4. The van der Waals surface area contributed by atoms with Gasteiger partial charge < -0.3 is 10.1 Å². The van der Waals surface area contributed by atoms with Crippen molar-refractivity contribution in [3.63, 3.8) is 0 Å². The molecule has 1 aromatic carbocycles. The molecule has 1 aliphatic rings. The molecule has 2 heterocycles. The Labute approximate surface area is 118 Å². The Kier molecular flexibility index (Phi) is 2.38. The topological polar surface area (TPSA) is 100 Å². The van der Waals surface area contributed by atoms with Crippen molar-refractivity contribution in [1.29, 1.82) is 0 Å². The van der Waals surface area contributed by atoms with Gasteiger partial charge in [0.1, 0.15) is 0 Å². The summed E-state index contributed by atoms with van der Waals surface area (Å²) in [6.07, 6.45) is 4.30. The molecule has 0 saturated carbocycles. The number of H-pyrrole nitrogens is 1. The second-order valence-corrected chi connectivity index (χ2v) is 5.28. The predicted octanol–water partition coefficient (Wildman–Crippen LogP) is 1.15. The summed E-state index contributed by atoms with van der Waals surface area (Å²) >= 11 is 0. The minimum Gasteiger partial charge on any atom is -0.475 e. The molecular formula is C14H12N4O3. The van der Waals surface area contributed by atoms with Gasteiger partial charge in [-0.3, -0.25) is 0 Å². The highest BCUT2D eigenvalue weighted by atomic mass is 16.4. The second kappa shape index (κ2) is 4.15. The highest BCUT2D eigenvalue weighted by Crippen LogP contribution is 2.26. The Morgan fingerprint density at radius 3 is 2.67 bits per heavy atom. The van der Waals surface area contributed by atoms with E-state index in [2.05, 4.69) is 15.1 Å². The third-order valence-electron chi connectivity index (χ3n) is 3.96. The number of carbonyl (C=O) groups is 1. The van der Waals surface area contributed by atoms with E-state index < -0.39 is 11.7 Å². The summed E-state index contributed by atoms with van der Waals surface area (Å²) < 4.78 is 1.01. The quantitative estimate of drug-likeness (QED) is 0.698. The number of hydrogen-bond donors (Lipinski definition) is 2. The molecule has 21 heavy (non-hydrogen) atoms. The Morgan fingerprint density at radius 2 is 1.95 bits per heavy atom. The standard InChI is InChI=1S/C14H12N4O3/c19-13(20)11-16-12-9-5-7-3-1-2-4-8(7)6-10(9)15-14(21)18(12)17-11/h5-6H,1-4H2,(H,15,21)(H,19,20). The number of rotatable bonds is 1. The Balaban J connectivity index is 2.12. The number of nitrogens with one attached hydrogen (secondary N) is 1. The summed E-state index contributed by atoms with van der Waals surface area (Å²) in [4.78, 5) is 29.7. The first-order valence-electron chi connectivity index (χ1n) is 6.81. The number of aromatic carboxylic acids is 1. The van der Waals surface area contributed by atoms with Crippen molar-refractivity contribution in [2.45, 2.75) is 25.7 Å². The molecule has 0 fully saturated rings. The van der Waals surface area contributed by atoms with Crippen molar-refractivity contribution in [3.05, 3.63) is 39.6 Å². The van der Waals surface area contributed by atoms with Crippen LogP contribution in [0.1, 0.15) is 34.6 Å². The highest BCUT2D eigenvalue weighted by molar-refractivity contribution is 5.93. The number of aromatic amines is 1. The van der Waals surface area contributed by atoms with Gasteiger partial charge in [-0.25, -0.2) is 14.6 Å². The first kappa shape index (κ1) is 12.1. The van der Waals surface area contributed by atoms with E-state index in [9.17, 15) is 9.59 Å². The van der Waals surface area contributed by atoms with Crippen molar-refractivity contribution in [2.75, 3.05) is 0 Å². The van der Waals surface area contributed by atoms with Gasteiger partial charge in [0.05, 0.1) is 5.52 Å². The lowest BCUT2D eigenvalue weighted by atomic mass is 9.90. The molecule has 0 bridgehead atoms. The van der Waals surface area contributed by atoms with Crippen LogP contribution >= 0.6 is 0 Å². The van der Waals surface area contributed by atoms with Crippen LogP contribution in [0.3, 0.4) is 0 Å². The molecule has 2 aromatic heterocycles. The minimum absolute atomic E-state index is 0.291. The number of aryl methyl sites for hydroxylation is 2. The molecule has 0 radical (unpaired) electrons. The maximum Gasteiger partial charge on any atom is 0.375 e. The first-order valence-corrected chi connectivity index (χ1v) is 6.81. The van der Waals surface area contributed by atoms with E-state index >= 15 is 0 Å². The Morgan fingerprint density at radius 1 is 1.24 bits per heavy atom. The van der Waals surface area contributed by atoms with E-state index in [1.165, 1.54) is 11.1 Å². The predicted molar refractivity (Wildman–Crippen MR) is 74.7 cm³/mol. The van der Waals surface area contributed by atoms with Crippen LogP contribution < -0.4 is 5.69 Å². The zero-order valence-electron chi connectivity index (χ0n) is 11.1. The normalized spacial score (nSPS) is 14.5. The summed E-state index contributed by atoms with van der Waals surface area (Å²) in [7, 11) is 0. The molecule has 1 aliphatic carbocycles. The fraction of sp³-hybridized carbons (Fsp3) is 0.286. The lowest BCUT2D eigenvalue weighted by Gasteiger charge is -2.16. The summed E-state index contributed by atoms with van der Waals surface area (Å²) in [5.74, 6) is -1.62. The zero-order chi connectivity index (χ0) is 14.6. The van der Waals surface area contributed by atoms with Crippen LogP contribution in [0.2, 0.25) is 0 Å². The summed E-state index contributed by atoms with van der Waals surface area (Å²) in [6, 6.07) is 3.97. The van der Waals surface area contributed by atoms with E-state index in [0.29, 0.717) is 11.2 Å². The molecule has 0 saturated heterocycles. The molecule has 7 heteroatoms. The van der Waals surface area contributed by atoms with Crippen LogP contribution in [0.25, 0.3) is 16.6 Å². The van der Waals surface area contributed by atoms with E-state index in [1.54, 1.807) is 0 Å². The molecule has 0 spiro atoms. The maximum absolute atomic E-state index is 12.0. The lowest BCUT2D eigenvalue weighted by Crippen LogP contribution is -2.18. The van der Waals surface area contributed by atoms with Crippen molar-refractivity contribution < 1.29 is 9.90 Å². The van der Waals surface area contributed by atoms with Crippen LogP contribution in [-0.2, 0) is 12.8 Å². The van der Waals surface area contributed by atoms with Gasteiger partial charge in [-0.05, 0) is 48.9 Å². The number of aromatic nitrogens is 4. The second-order valence-electron chi connectivity index (χ2n) is 5.28. The van der Waals surface area contributed by atoms with E-state index in [4.69, 9.17) is 5.11 Å². The smallest absolute Gasteiger partial charge is 0.375 e. The van der Waals surface area contributed by atoms with Crippen LogP contribution in [-0.4, -0.2) is 30.7 Å². The number of carboxylic acids is 1. The van der Waals surface area contributed by atoms with Crippen LogP contribution in [0.15, 0.2) is 16.9 Å². The van der Waals surface area contributed by atoms with E-state index in [-0.39, 0.29) is 5.82 Å². The number of carboxylic acid groups (broad SMARTS) is 1. The molecule has 0 atom stereocenters. The third-order valence-corrected chi connectivity index (χ3v) is 3.96. The van der Waals surface area contributed by atoms with Gasteiger partial charge in [0.2, 0.25) is 0 Å².